The van der Waals surface area contributed by atoms with Crippen LogP contribution in [0.3, 0.4) is 0 Å². The van der Waals surface area contributed by atoms with Gasteiger partial charge in [-0.3, -0.25) is 19.2 Å². The number of rotatable bonds is 14. The Labute approximate surface area is 173 Å². The Hall–Kier alpha value is -2.77. The predicted octanol–water partition coefficient (Wildman–Crippen LogP) is -3.14. The van der Waals surface area contributed by atoms with Gasteiger partial charge in [-0.2, -0.15) is 0 Å². The number of aliphatic carboxylic acids is 2. The number of nitrogens with two attached hydrogens (primary N) is 2. The summed E-state index contributed by atoms with van der Waals surface area (Å²) in [5, 5.41) is 34.0. The monoisotopic (exact) mass is 433 g/mol. The van der Waals surface area contributed by atoms with Gasteiger partial charge in [0.25, 0.3) is 0 Å². The highest BCUT2D eigenvalue weighted by Gasteiger charge is 2.30. The number of carboxylic acids is 2. The molecular weight excluding hydrogens is 402 g/mol. The smallest absolute Gasteiger partial charge is 0.328 e. The van der Waals surface area contributed by atoms with Crippen molar-refractivity contribution in [2.24, 2.45) is 11.5 Å². The van der Waals surface area contributed by atoms with Gasteiger partial charge in [0, 0.05) is 0 Å². The van der Waals surface area contributed by atoms with Crippen molar-refractivity contribution in [3.05, 3.63) is 0 Å². The lowest BCUT2D eigenvalue weighted by Crippen LogP contribution is -2.57. The van der Waals surface area contributed by atoms with Crippen LogP contribution in [0.25, 0.3) is 0 Å². The van der Waals surface area contributed by atoms with Gasteiger partial charge in [-0.1, -0.05) is 0 Å². The summed E-state index contributed by atoms with van der Waals surface area (Å²) in [5.41, 5.74) is 10.9. The van der Waals surface area contributed by atoms with Crippen molar-refractivity contribution >= 4 is 29.7 Å². The molecule has 30 heavy (non-hydrogen) atoms. The number of amides is 3. The SMILES string of the molecule is CC(NC(=O)C(CCCCN)NC(=O)C(N)CC(=O)O)C(=O)NC(C(=O)O)C(C)O. The van der Waals surface area contributed by atoms with Crippen LogP contribution in [0.4, 0.5) is 0 Å². The summed E-state index contributed by atoms with van der Waals surface area (Å²) < 4.78 is 0. The highest BCUT2D eigenvalue weighted by Crippen LogP contribution is 2.03. The van der Waals surface area contributed by atoms with Crippen molar-refractivity contribution in [1.82, 2.24) is 16.0 Å². The first-order valence-electron chi connectivity index (χ1n) is 9.40. The van der Waals surface area contributed by atoms with Gasteiger partial charge in [-0.05, 0) is 39.7 Å². The van der Waals surface area contributed by atoms with E-state index < -0.39 is 66.4 Å². The van der Waals surface area contributed by atoms with E-state index in [0.29, 0.717) is 19.4 Å². The Bertz CT molecular complexity index is 627. The lowest BCUT2D eigenvalue weighted by Gasteiger charge is -2.24. The largest absolute Gasteiger partial charge is 0.481 e. The third-order valence-electron chi connectivity index (χ3n) is 4.11. The summed E-state index contributed by atoms with van der Waals surface area (Å²) in [6.45, 7) is 2.84. The first-order valence-corrected chi connectivity index (χ1v) is 9.40. The van der Waals surface area contributed by atoms with Crippen LogP contribution in [0.15, 0.2) is 0 Å². The normalized spacial score (nSPS) is 15.8. The van der Waals surface area contributed by atoms with E-state index in [-0.39, 0.29) is 6.42 Å². The summed E-state index contributed by atoms with van der Waals surface area (Å²) in [6, 6.07) is -5.22. The Kier molecular flexibility index (Phi) is 12.2. The van der Waals surface area contributed by atoms with E-state index in [1.54, 1.807) is 0 Å². The fourth-order valence-electron chi connectivity index (χ4n) is 2.37. The van der Waals surface area contributed by atoms with Crippen molar-refractivity contribution < 1.29 is 39.3 Å². The van der Waals surface area contributed by atoms with Crippen molar-refractivity contribution in [2.45, 2.75) is 69.8 Å². The molecule has 0 spiro atoms. The van der Waals surface area contributed by atoms with Crippen molar-refractivity contribution in [3.8, 4) is 0 Å². The van der Waals surface area contributed by atoms with Crippen molar-refractivity contribution in [1.29, 1.82) is 0 Å². The van der Waals surface area contributed by atoms with E-state index in [9.17, 15) is 29.1 Å². The van der Waals surface area contributed by atoms with E-state index in [1.807, 2.05) is 0 Å². The Morgan fingerprint density at radius 1 is 0.900 bits per heavy atom. The fraction of sp³-hybridized carbons (Fsp3) is 0.706. The molecular formula is C17H31N5O8. The van der Waals surface area contributed by atoms with Gasteiger partial charge in [0.05, 0.1) is 18.6 Å². The number of aliphatic hydroxyl groups is 1. The molecule has 0 aromatic rings. The van der Waals surface area contributed by atoms with Gasteiger partial charge in [0.1, 0.15) is 12.1 Å². The minimum absolute atomic E-state index is 0.161. The summed E-state index contributed by atoms with van der Waals surface area (Å²) in [7, 11) is 0. The highest BCUT2D eigenvalue weighted by atomic mass is 16.4. The fourth-order valence-corrected chi connectivity index (χ4v) is 2.37. The van der Waals surface area contributed by atoms with Crippen LogP contribution in [0, 0.1) is 0 Å². The second kappa shape index (κ2) is 13.5. The van der Waals surface area contributed by atoms with Crippen LogP contribution in [0.1, 0.15) is 39.5 Å². The average Bonchev–Trinajstić information content (AvgIpc) is 2.63. The molecule has 13 heteroatoms. The molecule has 0 aromatic carbocycles. The number of hydrogen-bond acceptors (Lipinski definition) is 8. The van der Waals surface area contributed by atoms with Crippen LogP contribution in [-0.4, -0.2) is 81.8 Å². The minimum atomic E-state index is -1.56. The number of nitrogens with one attached hydrogen (secondary N) is 3. The quantitative estimate of drug-likeness (QED) is 0.128. The topological polar surface area (TPSA) is 234 Å². The van der Waals surface area contributed by atoms with Gasteiger partial charge in [-0.25, -0.2) is 4.79 Å². The molecule has 10 N–H and O–H groups in total. The molecule has 5 unspecified atom stereocenters. The van der Waals surface area contributed by atoms with Crippen LogP contribution in [0.2, 0.25) is 0 Å². The zero-order valence-corrected chi connectivity index (χ0v) is 17.0. The van der Waals surface area contributed by atoms with Crippen molar-refractivity contribution in [2.75, 3.05) is 6.54 Å². The lowest BCUT2D eigenvalue weighted by molar-refractivity contribution is -0.145. The van der Waals surface area contributed by atoms with E-state index in [2.05, 4.69) is 16.0 Å². The number of aliphatic hydroxyl groups excluding tert-OH is 1. The number of unbranched alkanes of at least 4 members (excludes halogenated alkanes) is 1. The molecule has 0 aromatic heterocycles. The standard InChI is InChI=1S/C17H31N5O8/c1-8(14(26)22-13(9(2)23)17(29)30)20-16(28)11(5-3-4-6-18)21-15(27)10(19)7-12(24)25/h8-11,13,23H,3-7,18-19H2,1-2H3,(H,20,28)(H,21,27)(H,22,26)(H,24,25)(H,29,30). The molecule has 5 atom stereocenters. The third kappa shape index (κ3) is 10.1. The predicted molar refractivity (Wildman–Crippen MR) is 104 cm³/mol. The lowest BCUT2D eigenvalue weighted by atomic mass is 10.1. The van der Waals surface area contributed by atoms with Crippen LogP contribution < -0.4 is 27.4 Å². The second-order valence-corrected chi connectivity index (χ2v) is 6.85. The van der Waals surface area contributed by atoms with Crippen LogP contribution >= 0.6 is 0 Å². The maximum atomic E-state index is 12.5. The van der Waals surface area contributed by atoms with E-state index in [0.717, 1.165) is 0 Å². The molecule has 13 nitrogen and oxygen atoms in total. The Balaban J connectivity index is 5.08. The Morgan fingerprint density at radius 3 is 1.97 bits per heavy atom. The minimum Gasteiger partial charge on any atom is -0.481 e. The molecule has 0 aliphatic carbocycles. The first kappa shape index (κ1) is 27.2. The number of carbonyl (C=O) groups is 5. The van der Waals surface area contributed by atoms with Gasteiger partial charge in [0.15, 0.2) is 6.04 Å². The number of carboxylic acid groups (broad SMARTS) is 2. The average molecular weight is 433 g/mol. The van der Waals surface area contributed by atoms with Crippen molar-refractivity contribution in [3.63, 3.8) is 0 Å². The van der Waals surface area contributed by atoms with Gasteiger partial charge in [-0.15, -0.1) is 0 Å². The molecule has 3 amide bonds. The Morgan fingerprint density at radius 2 is 1.50 bits per heavy atom. The number of carbonyl (C=O) groups excluding carboxylic acids is 3. The molecule has 0 fully saturated rings. The highest BCUT2D eigenvalue weighted by molar-refractivity contribution is 5.94. The zero-order valence-electron chi connectivity index (χ0n) is 17.0. The van der Waals surface area contributed by atoms with Gasteiger partial charge < -0.3 is 42.7 Å². The molecule has 0 bridgehead atoms. The first-order chi connectivity index (χ1) is 13.9. The van der Waals surface area contributed by atoms with Crippen LogP contribution in [0.5, 0.6) is 0 Å². The van der Waals surface area contributed by atoms with Gasteiger partial charge >= 0.3 is 11.9 Å². The summed E-state index contributed by atoms with van der Waals surface area (Å²) >= 11 is 0. The maximum absolute atomic E-state index is 12.5. The summed E-state index contributed by atoms with van der Waals surface area (Å²) in [6.07, 6.45) is -0.807. The second-order valence-electron chi connectivity index (χ2n) is 6.85. The molecule has 0 radical (unpaired) electrons. The molecule has 0 rings (SSSR count). The maximum Gasteiger partial charge on any atom is 0.328 e. The van der Waals surface area contributed by atoms with Crippen LogP contribution in [-0.2, 0) is 24.0 Å². The van der Waals surface area contributed by atoms with E-state index in [1.165, 1.54) is 13.8 Å². The molecule has 0 saturated carbocycles. The third-order valence-corrected chi connectivity index (χ3v) is 4.11. The molecule has 0 heterocycles. The van der Waals surface area contributed by atoms with E-state index in [4.69, 9.17) is 21.7 Å². The van der Waals surface area contributed by atoms with Gasteiger partial charge in [0.2, 0.25) is 17.7 Å². The molecule has 0 aliphatic heterocycles. The molecule has 172 valence electrons. The zero-order chi connectivity index (χ0) is 23.4. The summed E-state index contributed by atoms with van der Waals surface area (Å²) in [4.78, 5) is 58.5. The molecule has 0 saturated heterocycles. The summed E-state index contributed by atoms with van der Waals surface area (Å²) in [5.74, 6) is -5.17. The van der Waals surface area contributed by atoms with E-state index >= 15 is 0 Å². The number of hydrogen-bond donors (Lipinski definition) is 8. The molecule has 0 aliphatic rings.